The predicted octanol–water partition coefficient (Wildman–Crippen LogP) is 2.83. The van der Waals surface area contributed by atoms with Crippen LogP contribution in [0.2, 0.25) is 0 Å². The second kappa shape index (κ2) is 5.95. The number of aromatic nitrogens is 1. The normalized spacial score (nSPS) is 12.7. The molecule has 1 aromatic carbocycles. The van der Waals surface area contributed by atoms with Crippen LogP contribution in [0.4, 0.5) is 0 Å². The van der Waals surface area contributed by atoms with Crippen LogP contribution in [0.3, 0.4) is 0 Å². The van der Waals surface area contributed by atoms with E-state index in [4.69, 9.17) is 5.73 Å². The maximum absolute atomic E-state index is 5.89. The first-order chi connectivity index (χ1) is 9.06. The van der Waals surface area contributed by atoms with Gasteiger partial charge in [0.1, 0.15) is 0 Å². The van der Waals surface area contributed by atoms with Gasteiger partial charge in [0, 0.05) is 30.5 Å². The first kappa shape index (κ1) is 13.7. The summed E-state index contributed by atoms with van der Waals surface area (Å²) in [5.41, 5.74) is 10.6. The summed E-state index contributed by atoms with van der Waals surface area (Å²) in [4.78, 5) is 6.42. The van der Waals surface area contributed by atoms with Gasteiger partial charge in [-0.2, -0.15) is 0 Å². The maximum atomic E-state index is 5.89. The Morgan fingerprint density at radius 2 is 1.79 bits per heavy atom. The van der Waals surface area contributed by atoms with E-state index in [-0.39, 0.29) is 6.04 Å². The van der Waals surface area contributed by atoms with Crippen molar-refractivity contribution < 1.29 is 0 Å². The average Bonchev–Trinajstić information content (AvgIpc) is 2.39. The molecule has 0 amide bonds. The lowest BCUT2D eigenvalue weighted by Gasteiger charge is -2.11. The quantitative estimate of drug-likeness (QED) is 0.913. The van der Waals surface area contributed by atoms with Crippen LogP contribution in [0.5, 0.6) is 0 Å². The molecule has 0 aliphatic carbocycles. The minimum absolute atomic E-state index is 0.0143. The molecule has 3 heteroatoms. The highest BCUT2D eigenvalue weighted by Crippen LogP contribution is 2.22. The fourth-order valence-corrected chi connectivity index (χ4v) is 2.03. The molecule has 1 atom stereocenters. The van der Waals surface area contributed by atoms with Gasteiger partial charge >= 0.3 is 0 Å². The average molecular weight is 255 g/mol. The Labute approximate surface area is 115 Å². The van der Waals surface area contributed by atoms with Crippen molar-refractivity contribution in [2.45, 2.75) is 19.5 Å². The molecule has 0 saturated carbocycles. The molecule has 0 aliphatic rings. The van der Waals surface area contributed by atoms with Gasteiger partial charge in [0.05, 0.1) is 0 Å². The summed E-state index contributed by atoms with van der Waals surface area (Å²) in [5.74, 6) is 0. The van der Waals surface area contributed by atoms with Gasteiger partial charge in [-0.15, -0.1) is 0 Å². The minimum Gasteiger partial charge on any atom is -0.324 e. The summed E-state index contributed by atoms with van der Waals surface area (Å²) in [6.07, 6.45) is 3.71. The Balaban J connectivity index is 2.24. The SMILES string of the molecule is CC(N)c1cncc(-c2ccc(CN(C)C)cc2)c1. The molecule has 0 bridgehead atoms. The summed E-state index contributed by atoms with van der Waals surface area (Å²) in [7, 11) is 4.15. The number of rotatable bonds is 4. The van der Waals surface area contributed by atoms with E-state index in [1.165, 1.54) is 11.1 Å². The summed E-state index contributed by atoms with van der Waals surface area (Å²) in [5, 5.41) is 0. The fourth-order valence-electron chi connectivity index (χ4n) is 2.03. The highest BCUT2D eigenvalue weighted by atomic mass is 15.0. The molecule has 3 nitrogen and oxygen atoms in total. The Morgan fingerprint density at radius 1 is 1.11 bits per heavy atom. The zero-order valence-corrected chi connectivity index (χ0v) is 11.8. The van der Waals surface area contributed by atoms with Gasteiger partial charge in [-0.1, -0.05) is 24.3 Å². The Kier molecular flexibility index (Phi) is 4.30. The van der Waals surface area contributed by atoms with E-state index >= 15 is 0 Å². The van der Waals surface area contributed by atoms with Gasteiger partial charge in [-0.25, -0.2) is 0 Å². The standard InChI is InChI=1S/C16H21N3/c1-12(17)15-8-16(10-18-9-15)14-6-4-13(5-7-14)11-19(2)3/h4-10,12H,11,17H2,1-3H3. The molecule has 0 saturated heterocycles. The van der Waals surface area contributed by atoms with Crippen molar-refractivity contribution in [1.29, 1.82) is 0 Å². The number of nitrogens with two attached hydrogens (primary N) is 1. The van der Waals surface area contributed by atoms with Gasteiger partial charge in [0.25, 0.3) is 0 Å². The zero-order valence-electron chi connectivity index (χ0n) is 11.8. The van der Waals surface area contributed by atoms with Crippen molar-refractivity contribution >= 4 is 0 Å². The lowest BCUT2D eigenvalue weighted by molar-refractivity contribution is 0.402. The Hall–Kier alpha value is -1.71. The Bertz CT molecular complexity index is 530. The molecule has 0 aliphatic heterocycles. The first-order valence-corrected chi connectivity index (χ1v) is 6.51. The van der Waals surface area contributed by atoms with E-state index < -0.39 is 0 Å². The van der Waals surface area contributed by atoms with Gasteiger partial charge in [0.15, 0.2) is 0 Å². The van der Waals surface area contributed by atoms with Crippen LogP contribution in [0, 0.1) is 0 Å². The first-order valence-electron chi connectivity index (χ1n) is 6.51. The van der Waals surface area contributed by atoms with Crippen LogP contribution in [-0.2, 0) is 6.54 Å². The molecule has 0 spiro atoms. The number of hydrogen-bond donors (Lipinski definition) is 1. The molecule has 1 unspecified atom stereocenters. The number of hydrogen-bond acceptors (Lipinski definition) is 3. The van der Waals surface area contributed by atoms with Crippen molar-refractivity contribution in [2.24, 2.45) is 5.73 Å². The molecule has 2 rings (SSSR count). The third kappa shape index (κ3) is 3.63. The molecular formula is C16H21N3. The van der Waals surface area contributed by atoms with Crippen molar-refractivity contribution in [2.75, 3.05) is 14.1 Å². The van der Waals surface area contributed by atoms with Gasteiger partial charge < -0.3 is 10.6 Å². The predicted molar refractivity (Wildman–Crippen MR) is 79.7 cm³/mol. The van der Waals surface area contributed by atoms with Crippen LogP contribution < -0.4 is 5.73 Å². The van der Waals surface area contributed by atoms with Crippen LogP contribution in [0.1, 0.15) is 24.1 Å². The molecule has 1 heterocycles. The van der Waals surface area contributed by atoms with E-state index in [9.17, 15) is 0 Å². The summed E-state index contributed by atoms with van der Waals surface area (Å²) < 4.78 is 0. The van der Waals surface area contributed by atoms with Crippen LogP contribution in [0.15, 0.2) is 42.7 Å². The van der Waals surface area contributed by atoms with Crippen LogP contribution in [0.25, 0.3) is 11.1 Å². The smallest absolute Gasteiger partial charge is 0.0346 e. The third-order valence-electron chi connectivity index (χ3n) is 3.07. The van der Waals surface area contributed by atoms with E-state index in [0.717, 1.165) is 17.7 Å². The molecule has 1 aromatic heterocycles. The molecule has 19 heavy (non-hydrogen) atoms. The van der Waals surface area contributed by atoms with Gasteiger partial charge in [0.2, 0.25) is 0 Å². The summed E-state index contributed by atoms with van der Waals surface area (Å²) in [6, 6.07) is 10.7. The summed E-state index contributed by atoms with van der Waals surface area (Å²) in [6.45, 7) is 2.93. The maximum Gasteiger partial charge on any atom is 0.0346 e. The molecular weight excluding hydrogens is 234 g/mol. The lowest BCUT2D eigenvalue weighted by Crippen LogP contribution is -2.10. The van der Waals surface area contributed by atoms with E-state index in [1.54, 1.807) is 0 Å². The second-order valence-corrected chi connectivity index (χ2v) is 5.23. The largest absolute Gasteiger partial charge is 0.324 e. The van der Waals surface area contributed by atoms with Crippen molar-refractivity contribution in [3.05, 3.63) is 53.9 Å². The summed E-state index contributed by atoms with van der Waals surface area (Å²) >= 11 is 0. The highest BCUT2D eigenvalue weighted by Gasteiger charge is 2.04. The van der Waals surface area contributed by atoms with E-state index in [0.29, 0.717) is 0 Å². The fraction of sp³-hybridized carbons (Fsp3) is 0.312. The molecule has 0 radical (unpaired) electrons. The van der Waals surface area contributed by atoms with Gasteiger partial charge in [-0.3, -0.25) is 4.98 Å². The van der Waals surface area contributed by atoms with Crippen LogP contribution >= 0.6 is 0 Å². The third-order valence-corrected chi connectivity index (χ3v) is 3.07. The highest BCUT2D eigenvalue weighted by molar-refractivity contribution is 5.63. The number of pyridine rings is 1. The molecule has 0 fully saturated rings. The minimum atomic E-state index is 0.0143. The van der Waals surface area contributed by atoms with E-state index in [1.807, 2.05) is 19.3 Å². The van der Waals surface area contributed by atoms with Crippen molar-refractivity contribution in [3.63, 3.8) is 0 Å². The number of benzene rings is 1. The second-order valence-electron chi connectivity index (χ2n) is 5.23. The van der Waals surface area contributed by atoms with Crippen LogP contribution in [-0.4, -0.2) is 24.0 Å². The van der Waals surface area contributed by atoms with E-state index in [2.05, 4.69) is 54.3 Å². The topological polar surface area (TPSA) is 42.1 Å². The monoisotopic (exact) mass is 255 g/mol. The molecule has 100 valence electrons. The van der Waals surface area contributed by atoms with Gasteiger partial charge in [-0.05, 0) is 43.8 Å². The Morgan fingerprint density at radius 3 is 2.37 bits per heavy atom. The van der Waals surface area contributed by atoms with Crippen molar-refractivity contribution in [3.8, 4) is 11.1 Å². The van der Waals surface area contributed by atoms with Crippen molar-refractivity contribution in [1.82, 2.24) is 9.88 Å². The zero-order chi connectivity index (χ0) is 13.8. The number of nitrogens with zero attached hydrogens (tertiary/aromatic N) is 2. The lowest BCUT2D eigenvalue weighted by atomic mass is 10.0. The molecule has 2 N–H and O–H groups in total. The molecule has 2 aromatic rings.